The number of amides is 1. The summed E-state index contributed by atoms with van der Waals surface area (Å²) in [6.45, 7) is 2.59. The van der Waals surface area contributed by atoms with Crippen LogP contribution in [0.15, 0.2) is 57.9 Å². The summed E-state index contributed by atoms with van der Waals surface area (Å²) in [4.78, 5) is 16.4. The molecule has 170 valence electrons. The van der Waals surface area contributed by atoms with Crippen molar-refractivity contribution in [2.24, 2.45) is 11.1 Å². The van der Waals surface area contributed by atoms with Crippen LogP contribution in [0.3, 0.4) is 0 Å². The van der Waals surface area contributed by atoms with Gasteiger partial charge in [0.1, 0.15) is 6.67 Å². The number of anilines is 2. The molecule has 11 heteroatoms. The minimum absolute atomic E-state index is 0.00753. The van der Waals surface area contributed by atoms with E-state index in [1.807, 2.05) is 0 Å². The normalized spacial score (nSPS) is 13.4. The predicted octanol–water partition coefficient (Wildman–Crippen LogP) is 3.32. The maximum atomic E-state index is 13.2. The van der Waals surface area contributed by atoms with Crippen LogP contribution in [-0.4, -0.2) is 31.1 Å². The van der Waals surface area contributed by atoms with Crippen LogP contribution in [0, 0.1) is 5.41 Å². The number of alkyl halides is 1. The smallest absolute Gasteiger partial charge is 0.261 e. The fourth-order valence-corrected chi connectivity index (χ4v) is 3.79. The third kappa shape index (κ3) is 5.11. The lowest BCUT2D eigenvalue weighted by atomic mass is 9.88. The minimum atomic E-state index is -3.91. The summed E-state index contributed by atoms with van der Waals surface area (Å²) in [6.07, 6.45) is 0.351. The SMILES string of the molecule is CCC(C)(CF)C(=O)Nc1ccc(NS(=O)(=O)c2cccc(-c3noc(CN)n3)c2)cc1. The van der Waals surface area contributed by atoms with Gasteiger partial charge in [-0.1, -0.05) is 24.2 Å². The molecule has 1 amide bonds. The number of hydrogen-bond donors (Lipinski definition) is 3. The zero-order valence-corrected chi connectivity index (χ0v) is 18.4. The highest BCUT2D eigenvalue weighted by Gasteiger charge is 2.31. The molecular formula is C21H24FN5O4S. The Balaban J connectivity index is 1.74. The van der Waals surface area contributed by atoms with Gasteiger partial charge in [0.25, 0.3) is 10.0 Å². The van der Waals surface area contributed by atoms with Crippen molar-refractivity contribution in [1.29, 1.82) is 0 Å². The average molecular weight is 462 g/mol. The van der Waals surface area contributed by atoms with E-state index >= 15 is 0 Å². The van der Waals surface area contributed by atoms with Crippen molar-refractivity contribution in [3.05, 3.63) is 54.4 Å². The van der Waals surface area contributed by atoms with Crippen molar-refractivity contribution in [2.45, 2.75) is 31.7 Å². The van der Waals surface area contributed by atoms with Crippen molar-refractivity contribution < 1.29 is 22.1 Å². The molecular weight excluding hydrogens is 437 g/mol. The zero-order valence-electron chi connectivity index (χ0n) is 17.6. The largest absolute Gasteiger partial charge is 0.338 e. The molecule has 0 fully saturated rings. The van der Waals surface area contributed by atoms with E-state index in [1.165, 1.54) is 36.4 Å². The molecule has 0 saturated carbocycles. The Morgan fingerprint density at radius 1 is 1.19 bits per heavy atom. The number of rotatable bonds is 9. The molecule has 0 aliphatic rings. The summed E-state index contributed by atoms with van der Waals surface area (Å²) in [5.41, 5.74) is 5.53. The van der Waals surface area contributed by atoms with Crippen molar-refractivity contribution in [2.75, 3.05) is 16.7 Å². The molecule has 0 aliphatic carbocycles. The summed E-state index contributed by atoms with van der Waals surface area (Å²) < 4.78 is 46.3. The molecule has 1 atom stereocenters. The molecule has 0 saturated heterocycles. The molecule has 1 aromatic heterocycles. The van der Waals surface area contributed by atoms with Gasteiger partial charge in [-0.2, -0.15) is 4.98 Å². The molecule has 0 aliphatic heterocycles. The van der Waals surface area contributed by atoms with Crippen LogP contribution in [0.1, 0.15) is 26.2 Å². The van der Waals surface area contributed by atoms with Crippen molar-refractivity contribution in [3.8, 4) is 11.4 Å². The van der Waals surface area contributed by atoms with Gasteiger partial charge < -0.3 is 15.6 Å². The topological polar surface area (TPSA) is 140 Å². The van der Waals surface area contributed by atoms with E-state index in [-0.39, 0.29) is 23.2 Å². The summed E-state index contributed by atoms with van der Waals surface area (Å²) in [5, 5.41) is 6.44. The number of sulfonamides is 1. The van der Waals surface area contributed by atoms with Crippen LogP contribution in [0.5, 0.6) is 0 Å². The second-order valence-corrected chi connectivity index (χ2v) is 9.11. The molecule has 0 bridgehead atoms. The first-order chi connectivity index (χ1) is 15.2. The van der Waals surface area contributed by atoms with Crippen molar-refractivity contribution in [3.63, 3.8) is 0 Å². The first-order valence-corrected chi connectivity index (χ1v) is 11.3. The molecule has 0 radical (unpaired) electrons. The molecule has 3 aromatic rings. The standard InChI is InChI=1S/C21H24FN5O4S/c1-3-21(2,13-22)20(28)24-15-7-9-16(10-8-15)27-32(29,30)17-6-4-5-14(11-17)19-25-18(12-23)31-26-19/h4-11,27H,3,12-13,23H2,1-2H3,(H,24,28). The highest BCUT2D eigenvalue weighted by molar-refractivity contribution is 7.92. The quantitative estimate of drug-likeness (QED) is 0.444. The third-order valence-corrected chi connectivity index (χ3v) is 6.44. The van der Waals surface area contributed by atoms with Gasteiger partial charge in [-0.05, 0) is 49.7 Å². The van der Waals surface area contributed by atoms with Crippen LogP contribution in [-0.2, 0) is 21.4 Å². The fraction of sp³-hybridized carbons (Fsp3) is 0.286. The second kappa shape index (κ2) is 9.45. The Hall–Kier alpha value is -3.31. The summed E-state index contributed by atoms with van der Waals surface area (Å²) >= 11 is 0. The Kier molecular flexibility index (Phi) is 6.90. The van der Waals surface area contributed by atoms with Gasteiger partial charge in [-0.25, -0.2) is 12.8 Å². The number of aromatic nitrogens is 2. The number of hydrogen-bond acceptors (Lipinski definition) is 7. The monoisotopic (exact) mass is 461 g/mol. The fourth-order valence-electron chi connectivity index (χ4n) is 2.69. The summed E-state index contributed by atoms with van der Waals surface area (Å²) in [6, 6.07) is 12.2. The molecule has 2 aromatic carbocycles. The van der Waals surface area contributed by atoms with E-state index in [0.29, 0.717) is 23.4 Å². The van der Waals surface area contributed by atoms with Gasteiger partial charge in [-0.15, -0.1) is 0 Å². The van der Waals surface area contributed by atoms with Crippen LogP contribution in [0.4, 0.5) is 15.8 Å². The summed E-state index contributed by atoms with van der Waals surface area (Å²) in [5.74, 6) is 0.0335. The number of halogens is 1. The van der Waals surface area contributed by atoms with E-state index < -0.39 is 28.0 Å². The van der Waals surface area contributed by atoms with Gasteiger partial charge in [0.2, 0.25) is 17.6 Å². The van der Waals surface area contributed by atoms with Gasteiger partial charge in [0, 0.05) is 16.9 Å². The predicted molar refractivity (Wildman–Crippen MR) is 118 cm³/mol. The van der Waals surface area contributed by atoms with Gasteiger partial charge in [0.05, 0.1) is 16.9 Å². The zero-order chi connectivity index (χ0) is 23.4. The first kappa shape index (κ1) is 23.4. The van der Waals surface area contributed by atoms with Crippen LogP contribution in [0.2, 0.25) is 0 Å². The molecule has 1 heterocycles. The molecule has 3 rings (SSSR count). The van der Waals surface area contributed by atoms with Crippen LogP contribution in [0.25, 0.3) is 11.4 Å². The van der Waals surface area contributed by atoms with Crippen LogP contribution < -0.4 is 15.8 Å². The van der Waals surface area contributed by atoms with E-state index in [1.54, 1.807) is 26.0 Å². The van der Waals surface area contributed by atoms with Crippen molar-refractivity contribution in [1.82, 2.24) is 10.1 Å². The lowest BCUT2D eigenvalue weighted by Crippen LogP contribution is -2.34. The Morgan fingerprint density at radius 2 is 1.88 bits per heavy atom. The van der Waals surface area contributed by atoms with Crippen molar-refractivity contribution >= 4 is 27.3 Å². The molecule has 9 nitrogen and oxygen atoms in total. The third-order valence-electron chi connectivity index (χ3n) is 5.06. The molecule has 0 spiro atoms. The lowest BCUT2D eigenvalue weighted by Gasteiger charge is -2.23. The van der Waals surface area contributed by atoms with Gasteiger partial charge >= 0.3 is 0 Å². The van der Waals surface area contributed by atoms with Crippen LogP contribution >= 0.6 is 0 Å². The molecule has 32 heavy (non-hydrogen) atoms. The first-order valence-electron chi connectivity index (χ1n) is 9.84. The molecule has 4 N–H and O–H groups in total. The van der Waals surface area contributed by atoms with Gasteiger partial charge in [0.15, 0.2) is 0 Å². The van der Waals surface area contributed by atoms with Gasteiger partial charge in [-0.3, -0.25) is 9.52 Å². The average Bonchev–Trinajstić information content (AvgIpc) is 3.29. The summed E-state index contributed by atoms with van der Waals surface area (Å²) in [7, 11) is -3.91. The van der Waals surface area contributed by atoms with E-state index in [0.717, 1.165) is 0 Å². The number of nitrogens with two attached hydrogens (primary N) is 1. The number of carbonyl (C=O) groups excluding carboxylic acids is 1. The lowest BCUT2D eigenvalue weighted by molar-refractivity contribution is -0.125. The minimum Gasteiger partial charge on any atom is -0.338 e. The second-order valence-electron chi connectivity index (χ2n) is 7.43. The Morgan fingerprint density at radius 3 is 2.47 bits per heavy atom. The Labute approximate surface area is 185 Å². The number of nitrogens with zero attached hydrogens (tertiary/aromatic N) is 2. The van der Waals surface area contributed by atoms with E-state index in [9.17, 15) is 17.6 Å². The number of nitrogens with one attached hydrogen (secondary N) is 2. The Bertz CT molecular complexity index is 1190. The number of carbonyl (C=O) groups is 1. The van der Waals surface area contributed by atoms with E-state index in [2.05, 4.69) is 20.2 Å². The molecule has 1 unspecified atom stereocenters. The maximum absolute atomic E-state index is 13.2. The van der Waals surface area contributed by atoms with E-state index in [4.69, 9.17) is 10.3 Å². The maximum Gasteiger partial charge on any atom is 0.261 e. The highest BCUT2D eigenvalue weighted by Crippen LogP contribution is 2.26. The highest BCUT2D eigenvalue weighted by atomic mass is 32.2. The number of benzene rings is 2.